The Bertz CT molecular complexity index is 683. The van der Waals surface area contributed by atoms with Gasteiger partial charge in [0.2, 0.25) is 0 Å². The normalized spacial score (nSPS) is 11.0. The Morgan fingerprint density at radius 1 is 1.06 bits per heavy atom. The van der Waals surface area contributed by atoms with Gasteiger partial charge in [0, 0.05) is 17.1 Å². The van der Waals surface area contributed by atoms with Crippen molar-refractivity contribution in [1.82, 2.24) is 9.55 Å². The van der Waals surface area contributed by atoms with E-state index in [1.807, 2.05) is 42.5 Å². The predicted octanol–water partition coefficient (Wildman–Crippen LogP) is 4.24. The average Bonchev–Trinajstić information content (AvgIpc) is 2.78. The average molecular weight is 257 g/mol. The van der Waals surface area contributed by atoms with Crippen molar-refractivity contribution in [1.29, 1.82) is 0 Å². The first-order valence-corrected chi connectivity index (χ1v) is 6.39. The number of imidazole rings is 1. The molecule has 3 aromatic rings. The molecule has 0 saturated heterocycles. The summed E-state index contributed by atoms with van der Waals surface area (Å²) in [6, 6.07) is 16.1. The summed E-state index contributed by atoms with van der Waals surface area (Å²) in [5, 5.41) is 0.751. The summed E-state index contributed by atoms with van der Waals surface area (Å²) < 4.78 is 2.19. The van der Waals surface area contributed by atoms with Crippen LogP contribution in [0.4, 0.5) is 0 Å². The third kappa shape index (κ3) is 1.79. The van der Waals surface area contributed by atoms with Gasteiger partial charge in [-0.05, 0) is 36.4 Å². The van der Waals surface area contributed by atoms with Crippen LogP contribution in [0, 0.1) is 0 Å². The number of rotatable bonds is 2. The van der Waals surface area contributed by atoms with Crippen LogP contribution in [0.5, 0.6) is 0 Å². The van der Waals surface area contributed by atoms with Crippen molar-refractivity contribution >= 4 is 22.6 Å². The third-order valence-electron chi connectivity index (χ3n) is 3.03. The van der Waals surface area contributed by atoms with E-state index in [4.69, 9.17) is 11.6 Å². The van der Waals surface area contributed by atoms with Crippen molar-refractivity contribution in [3.63, 3.8) is 0 Å². The summed E-state index contributed by atoms with van der Waals surface area (Å²) in [7, 11) is 0. The number of benzene rings is 2. The highest BCUT2D eigenvalue weighted by Crippen LogP contribution is 2.22. The lowest BCUT2D eigenvalue weighted by Gasteiger charge is -2.08. The van der Waals surface area contributed by atoms with Crippen LogP contribution < -0.4 is 0 Å². The quantitative estimate of drug-likeness (QED) is 0.671. The van der Waals surface area contributed by atoms with Gasteiger partial charge in [-0.2, -0.15) is 0 Å². The Labute approximate surface area is 111 Å². The van der Waals surface area contributed by atoms with Gasteiger partial charge >= 0.3 is 0 Å². The molecular weight excluding hydrogens is 244 g/mol. The molecule has 0 atom stereocenters. The van der Waals surface area contributed by atoms with Gasteiger partial charge < -0.3 is 0 Å². The number of halogens is 1. The molecule has 0 N–H and O–H groups in total. The van der Waals surface area contributed by atoms with Crippen LogP contribution in [0.15, 0.2) is 48.5 Å². The molecule has 1 aromatic heterocycles. The van der Waals surface area contributed by atoms with Gasteiger partial charge in [0.1, 0.15) is 5.82 Å². The molecule has 2 nitrogen and oxygen atoms in total. The fraction of sp³-hybridized carbons (Fsp3) is 0.133. The fourth-order valence-electron chi connectivity index (χ4n) is 2.19. The monoisotopic (exact) mass is 256 g/mol. The van der Waals surface area contributed by atoms with Crippen LogP contribution in [0.25, 0.3) is 16.7 Å². The molecule has 2 aromatic carbocycles. The summed E-state index contributed by atoms with van der Waals surface area (Å²) in [5.74, 6) is 1.07. The summed E-state index contributed by atoms with van der Waals surface area (Å²) in [5.41, 5.74) is 3.27. The first kappa shape index (κ1) is 11.3. The largest absolute Gasteiger partial charge is 0.296 e. The van der Waals surface area contributed by atoms with Crippen LogP contribution in [-0.4, -0.2) is 9.55 Å². The van der Waals surface area contributed by atoms with Crippen molar-refractivity contribution in [2.45, 2.75) is 13.3 Å². The molecule has 0 aliphatic carbocycles. The highest BCUT2D eigenvalue weighted by atomic mass is 35.5. The molecule has 0 amide bonds. The van der Waals surface area contributed by atoms with Gasteiger partial charge in [-0.15, -0.1) is 0 Å². The summed E-state index contributed by atoms with van der Waals surface area (Å²) >= 11 is 5.94. The Morgan fingerprint density at radius 3 is 2.50 bits per heavy atom. The maximum absolute atomic E-state index is 5.94. The number of aromatic nitrogens is 2. The molecule has 0 unspecified atom stereocenters. The number of para-hydroxylation sites is 2. The molecule has 90 valence electrons. The summed E-state index contributed by atoms with van der Waals surface area (Å²) in [6.07, 6.45) is 0.900. The van der Waals surface area contributed by atoms with Crippen LogP contribution >= 0.6 is 11.6 Å². The zero-order valence-corrected chi connectivity index (χ0v) is 10.9. The minimum absolute atomic E-state index is 0.751. The van der Waals surface area contributed by atoms with Gasteiger partial charge in [-0.1, -0.05) is 30.7 Å². The highest BCUT2D eigenvalue weighted by Gasteiger charge is 2.10. The zero-order valence-electron chi connectivity index (χ0n) is 10.1. The third-order valence-corrected chi connectivity index (χ3v) is 3.28. The standard InChI is InChI=1S/C15H13ClN2/c1-2-15-17-13-5-3-4-6-14(13)18(15)12-9-7-11(16)8-10-12/h3-10H,2H2,1H3. The van der Waals surface area contributed by atoms with Crippen LogP contribution in [0.1, 0.15) is 12.7 Å². The molecule has 1 heterocycles. The maximum Gasteiger partial charge on any atom is 0.114 e. The molecule has 0 spiro atoms. The van der Waals surface area contributed by atoms with E-state index in [0.29, 0.717) is 0 Å². The minimum Gasteiger partial charge on any atom is -0.296 e. The number of hydrogen-bond acceptors (Lipinski definition) is 1. The molecule has 0 aliphatic heterocycles. The Balaban J connectivity index is 2.29. The molecular formula is C15H13ClN2. The number of nitrogens with zero attached hydrogens (tertiary/aromatic N) is 2. The first-order chi connectivity index (χ1) is 8.79. The van der Waals surface area contributed by atoms with Crippen LogP contribution in [-0.2, 0) is 6.42 Å². The van der Waals surface area contributed by atoms with Crippen molar-refractivity contribution < 1.29 is 0 Å². The smallest absolute Gasteiger partial charge is 0.114 e. The van der Waals surface area contributed by atoms with Crippen molar-refractivity contribution in [2.24, 2.45) is 0 Å². The second kappa shape index (κ2) is 4.46. The van der Waals surface area contributed by atoms with E-state index in [9.17, 15) is 0 Å². The van der Waals surface area contributed by atoms with E-state index < -0.39 is 0 Å². The Kier molecular flexibility index (Phi) is 2.80. The van der Waals surface area contributed by atoms with Crippen LogP contribution in [0.2, 0.25) is 5.02 Å². The van der Waals surface area contributed by atoms with E-state index in [1.54, 1.807) is 0 Å². The van der Waals surface area contributed by atoms with E-state index in [-0.39, 0.29) is 0 Å². The van der Waals surface area contributed by atoms with Gasteiger partial charge in [0.25, 0.3) is 0 Å². The topological polar surface area (TPSA) is 17.8 Å². The minimum atomic E-state index is 0.751. The lowest BCUT2D eigenvalue weighted by atomic mass is 10.2. The molecule has 0 radical (unpaired) electrons. The Morgan fingerprint density at radius 2 is 1.78 bits per heavy atom. The predicted molar refractivity (Wildman–Crippen MR) is 75.5 cm³/mol. The van der Waals surface area contributed by atoms with E-state index >= 15 is 0 Å². The molecule has 18 heavy (non-hydrogen) atoms. The molecule has 3 rings (SSSR count). The summed E-state index contributed by atoms with van der Waals surface area (Å²) in [4.78, 5) is 4.66. The van der Waals surface area contributed by atoms with E-state index in [0.717, 1.165) is 34.0 Å². The molecule has 0 fully saturated rings. The van der Waals surface area contributed by atoms with Crippen molar-refractivity contribution in [3.05, 3.63) is 59.4 Å². The highest BCUT2D eigenvalue weighted by molar-refractivity contribution is 6.30. The summed E-state index contributed by atoms with van der Waals surface area (Å²) in [6.45, 7) is 2.12. The van der Waals surface area contributed by atoms with E-state index in [1.165, 1.54) is 0 Å². The SMILES string of the molecule is CCc1nc2ccccc2n1-c1ccc(Cl)cc1. The molecule has 0 bridgehead atoms. The van der Waals surface area contributed by atoms with Crippen LogP contribution in [0.3, 0.4) is 0 Å². The van der Waals surface area contributed by atoms with Gasteiger partial charge in [-0.3, -0.25) is 4.57 Å². The first-order valence-electron chi connectivity index (χ1n) is 6.02. The number of aryl methyl sites for hydroxylation is 1. The van der Waals surface area contributed by atoms with Gasteiger partial charge in [0.15, 0.2) is 0 Å². The van der Waals surface area contributed by atoms with Crippen molar-refractivity contribution in [2.75, 3.05) is 0 Å². The van der Waals surface area contributed by atoms with Crippen molar-refractivity contribution in [3.8, 4) is 5.69 Å². The molecule has 3 heteroatoms. The van der Waals surface area contributed by atoms with Gasteiger partial charge in [0.05, 0.1) is 11.0 Å². The molecule has 0 aliphatic rings. The maximum atomic E-state index is 5.94. The lowest BCUT2D eigenvalue weighted by Crippen LogP contribution is -1.99. The number of hydrogen-bond donors (Lipinski definition) is 0. The van der Waals surface area contributed by atoms with Gasteiger partial charge in [-0.25, -0.2) is 4.98 Å². The lowest BCUT2D eigenvalue weighted by molar-refractivity contribution is 0.908. The molecule has 0 saturated carbocycles. The fourth-order valence-corrected chi connectivity index (χ4v) is 2.32. The second-order valence-electron chi connectivity index (χ2n) is 4.18. The number of fused-ring (bicyclic) bond motifs is 1. The van der Waals surface area contributed by atoms with E-state index in [2.05, 4.69) is 22.5 Å². The second-order valence-corrected chi connectivity index (χ2v) is 4.62. The Hall–Kier alpha value is -1.80. The zero-order chi connectivity index (χ0) is 12.5.